The van der Waals surface area contributed by atoms with E-state index in [1.54, 1.807) is 43.4 Å². The molecule has 0 bridgehead atoms. The van der Waals surface area contributed by atoms with Crippen LogP contribution in [-0.2, 0) is 6.61 Å². The second-order valence-corrected chi connectivity index (χ2v) is 5.68. The number of amides is 1. The molecule has 0 saturated heterocycles. The summed E-state index contributed by atoms with van der Waals surface area (Å²) in [6, 6.07) is 11.0. The molecule has 0 saturated carbocycles. The van der Waals surface area contributed by atoms with Gasteiger partial charge >= 0.3 is 6.29 Å². The molecule has 26 heavy (non-hydrogen) atoms. The van der Waals surface area contributed by atoms with E-state index in [0.29, 0.717) is 16.9 Å². The van der Waals surface area contributed by atoms with Gasteiger partial charge in [0.2, 0.25) is 0 Å². The first kappa shape index (κ1) is 17.9. The molecule has 0 aliphatic carbocycles. The number of benzene rings is 2. The molecule has 0 spiro atoms. The number of rotatable bonds is 6. The Hall–Kier alpha value is -2.87. The minimum absolute atomic E-state index is 0.000319. The lowest BCUT2D eigenvalue weighted by atomic mass is 10.2. The van der Waals surface area contributed by atoms with Crippen LogP contribution < -0.4 is 14.2 Å². The van der Waals surface area contributed by atoms with Crippen molar-refractivity contribution < 1.29 is 32.9 Å². The Morgan fingerprint density at radius 1 is 1.19 bits per heavy atom. The normalized spacial score (nSPS) is 14.2. The summed E-state index contributed by atoms with van der Waals surface area (Å²) in [6.07, 6.45) is -3.68. The molecule has 1 amide bonds. The average molecular weight is 365 g/mol. The van der Waals surface area contributed by atoms with Crippen molar-refractivity contribution in [3.63, 3.8) is 0 Å². The van der Waals surface area contributed by atoms with Crippen molar-refractivity contribution in [1.29, 1.82) is 0 Å². The highest BCUT2D eigenvalue weighted by molar-refractivity contribution is 5.94. The summed E-state index contributed by atoms with van der Waals surface area (Å²) in [4.78, 5) is 13.5. The number of carbonyl (C=O) groups excluding carboxylic acids is 1. The molecule has 0 fully saturated rings. The van der Waals surface area contributed by atoms with Crippen LogP contribution in [0.25, 0.3) is 0 Å². The van der Waals surface area contributed by atoms with E-state index in [-0.39, 0.29) is 37.2 Å². The number of fused-ring (bicyclic) bond motifs is 1. The first-order chi connectivity index (χ1) is 12.4. The zero-order chi connectivity index (χ0) is 18.7. The van der Waals surface area contributed by atoms with Crippen LogP contribution in [0.15, 0.2) is 42.5 Å². The predicted molar refractivity (Wildman–Crippen MR) is 87.5 cm³/mol. The lowest BCUT2D eigenvalue weighted by Gasteiger charge is -2.16. The van der Waals surface area contributed by atoms with Gasteiger partial charge in [-0.3, -0.25) is 4.79 Å². The molecule has 0 aromatic heterocycles. The Labute approximate surface area is 148 Å². The molecule has 2 aromatic carbocycles. The van der Waals surface area contributed by atoms with Crippen molar-refractivity contribution in [3.8, 4) is 17.2 Å². The summed E-state index contributed by atoms with van der Waals surface area (Å²) in [5, 5.41) is 8.87. The van der Waals surface area contributed by atoms with E-state index < -0.39 is 6.29 Å². The molecular formula is C18H17F2NO5. The second kappa shape index (κ2) is 7.17. The monoisotopic (exact) mass is 365 g/mol. The second-order valence-electron chi connectivity index (χ2n) is 5.68. The topological polar surface area (TPSA) is 68.2 Å². The average Bonchev–Trinajstić information content (AvgIpc) is 2.94. The Morgan fingerprint density at radius 2 is 1.92 bits per heavy atom. The minimum atomic E-state index is -3.68. The first-order valence-corrected chi connectivity index (χ1v) is 7.86. The summed E-state index contributed by atoms with van der Waals surface area (Å²) < 4.78 is 40.9. The molecular weight excluding hydrogens is 348 g/mol. The maximum absolute atomic E-state index is 13.2. The number of hydrogen-bond donors (Lipinski definition) is 1. The van der Waals surface area contributed by atoms with Crippen molar-refractivity contribution in [1.82, 2.24) is 4.90 Å². The highest BCUT2D eigenvalue weighted by Crippen LogP contribution is 2.43. The number of alkyl halides is 2. The minimum Gasteiger partial charge on any atom is -0.489 e. The fourth-order valence-electron chi connectivity index (χ4n) is 2.47. The molecule has 1 heterocycles. The number of aliphatic hydroxyl groups is 1. The number of ether oxygens (including phenoxy) is 3. The number of para-hydroxylation sites is 1. The van der Waals surface area contributed by atoms with Crippen molar-refractivity contribution in [2.45, 2.75) is 12.9 Å². The highest BCUT2D eigenvalue weighted by Gasteiger charge is 2.44. The van der Waals surface area contributed by atoms with E-state index in [9.17, 15) is 13.6 Å². The highest BCUT2D eigenvalue weighted by atomic mass is 19.3. The molecule has 1 N–H and O–H groups in total. The number of hydrogen-bond acceptors (Lipinski definition) is 5. The third-order valence-corrected chi connectivity index (χ3v) is 3.79. The van der Waals surface area contributed by atoms with E-state index >= 15 is 0 Å². The van der Waals surface area contributed by atoms with Crippen LogP contribution in [0.3, 0.4) is 0 Å². The van der Waals surface area contributed by atoms with Gasteiger partial charge in [-0.15, -0.1) is 8.78 Å². The summed E-state index contributed by atoms with van der Waals surface area (Å²) >= 11 is 0. The molecule has 0 atom stereocenters. The van der Waals surface area contributed by atoms with Crippen LogP contribution in [0.2, 0.25) is 0 Å². The van der Waals surface area contributed by atoms with Gasteiger partial charge in [-0.25, -0.2) is 0 Å². The molecule has 0 unspecified atom stereocenters. The molecule has 3 rings (SSSR count). The number of halogens is 2. The summed E-state index contributed by atoms with van der Waals surface area (Å²) in [5.74, 6) is 0.160. The fraction of sp³-hybridized carbons (Fsp3) is 0.278. The molecule has 1 aliphatic rings. The van der Waals surface area contributed by atoms with Gasteiger partial charge in [0, 0.05) is 24.7 Å². The Bertz CT molecular complexity index is 795. The molecule has 1 aliphatic heterocycles. The Kier molecular flexibility index (Phi) is 4.94. The van der Waals surface area contributed by atoms with E-state index in [0.717, 1.165) is 0 Å². The van der Waals surface area contributed by atoms with Crippen LogP contribution in [-0.4, -0.2) is 42.4 Å². The van der Waals surface area contributed by atoms with Gasteiger partial charge in [0.05, 0.1) is 6.61 Å². The SMILES string of the molecule is CN(CCO)C(=O)c1ccc(OCc2cccc3c2OC(F)(F)O3)cc1. The fourth-order valence-corrected chi connectivity index (χ4v) is 2.47. The molecule has 2 aromatic rings. The number of likely N-dealkylation sites (N-methyl/N-ethyl adjacent to an activating group) is 1. The van der Waals surface area contributed by atoms with E-state index in [2.05, 4.69) is 9.47 Å². The van der Waals surface area contributed by atoms with Gasteiger partial charge in [-0.2, -0.15) is 0 Å². The van der Waals surface area contributed by atoms with Crippen molar-refractivity contribution >= 4 is 5.91 Å². The van der Waals surface area contributed by atoms with Crippen molar-refractivity contribution in [2.24, 2.45) is 0 Å². The number of nitrogens with zero attached hydrogens (tertiary/aromatic N) is 1. The van der Waals surface area contributed by atoms with Crippen LogP contribution in [0.1, 0.15) is 15.9 Å². The van der Waals surface area contributed by atoms with Crippen LogP contribution >= 0.6 is 0 Å². The molecule has 8 heteroatoms. The van der Waals surface area contributed by atoms with Gasteiger partial charge in [0.1, 0.15) is 12.4 Å². The van der Waals surface area contributed by atoms with Gasteiger partial charge in [0.25, 0.3) is 5.91 Å². The zero-order valence-electron chi connectivity index (χ0n) is 13.9. The number of carbonyl (C=O) groups is 1. The zero-order valence-corrected chi connectivity index (χ0v) is 13.9. The molecule has 138 valence electrons. The van der Waals surface area contributed by atoms with Crippen LogP contribution in [0, 0.1) is 0 Å². The predicted octanol–water partition coefficient (Wildman–Crippen LogP) is 2.65. The smallest absolute Gasteiger partial charge is 0.489 e. The molecule has 6 nitrogen and oxygen atoms in total. The van der Waals surface area contributed by atoms with E-state index in [4.69, 9.17) is 9.84 Å². The van der Waals surface area contributed by atoms with Crippen molar-refractivity contribution in [2.75, 3.05) is 20.2 Å². The Balaban J connectivity index is 1.65. The van der Waals surface area contributed by atoms with Gasteiger partial charge in [0.15, 0.2) is 11.5 Å². The van der Waals surface area contributed by atoms with Crippen LogP contribution in [0.4, 0.5) is 8.78 Å². The third kappa shape index (κ3) is 3.85. The number of aliphatic hydroxyl groups excluding tert-OH is 1. The first-order valence-electron chi connectivity index (χ1n) is 7.86. The maximum atomic E-state index is 13.2. The summed E-state index contributed by atoms with van der Waals surface area (Å²) in [7, 11) is 1.59. The third-order valence-electron chi connectivity index (χ3n) is 3.79. The lowest BCUT2D eigenvalue weighted by Crippen LogP contribution is -2.29. The van der Waals surface area contributed by atoms with Crippen LogP contribution in [0.5, 0.6) is 17.2 Å². The standard InChI is InChI=1S/C18H17F2NO5/c1-21(9-10-22)17(23)12-5-7-14(8-6-12)24-11-13-3-2-4-15-16(13)26-18(19,20)25-15/h2-8,22H,9-11H2,1H3. The summed E-state index contributed by atoms with van der Waals surface area (Å²) in [5.41, 5.74) is 0.868. The maximum Gasteiger partial charge on any atom is 0.586 e. The molecule has 0 radical (unpaired) electrons. The van der Waals surface area contributed by atoms with E-state index in [1.165, 1.54) is 11.0 Å². The van der Waals surface area contributed by atoms with Crippen molar-refractivity contribution in [3.05, 3.63) is 53.6 Å². The van der Waals surface area contributed by atoms with Gasteiger partial charge in [-0.05, 0) is 30.3 Å². The van der Waals surface area contributed by atoms with E-state index in [1.807, 2.05) is 0 Å². The quantitative estimate of drug-likeness (QED) is 0.852. The Morgan fingerprint density at radius 3 is 2.62 bits per heavy atom. The lowest BCUT2D eigenvalue weighted by molar-refractivity contribution is -0.287. The van der Waals surface area contributed by atoms with Gasteiger partial charge < -0.3 is 24.2 Å². The summed E-state index contributed by atoms with van der Waals surface area (Å²) in [6.45, 7) is 0.124. The van der Waals surface area contributed by atoms with Gasteiger partial charge in [-0.1, -0.05) is 12.1 Å². The largest absolute Gasteiger partial charge is 0.586 e.